The van der Waals surface area contributed by atoms with E-state index in [0.717, 1.165) is 5.56 Å². The summed E-state index contributed by atoms with van der Waals surface area (Å²) >= 11 is 0. The van der Waals surface area contributed by atoms with Gasteiger partial charge in [0, 0.05) is 6.20 Å². The Hall–Kier alpha value is -2.39. The maximum absolute atomic E-state index is 5.78. The number of hydrogen-bond donors (Lipinski definition) is 1. The largest absolute Gasteiger partial charge is 0.296 e. The maximum atomic E-state index is 5.78. The number of benzene rings is 2. The highest BCUT2D eigenvalue weighted by Crippen LogP contribution is 2.19. The topological polar surface area (TPSA) is 41.6 Å². The third-order valence-corrected chi connectivity index (χ3v) is 2.75. The van der Waals surface area contributed by atoms with Gasteiger partial charge in [-0.15, -0.1) is 0 Å². The van der Waals surface area contributed by atoms with Gasteiger partial charge in [0.25, 0.3) is 0 Å². The van der Waals surface area contributed by atoms with E-state index in [-0.39, 0.29) is 0 Å². The van der Waals surface area contributed by atoms with Crippen molar-refractivity contribution in [2.24, 2.45) is 10.8 Å². The summed E-state index contributed by atoms with van der Waals surface area (Å²) in [7, 11) is 0. The van der Waals surface area contributed by atoms with E-state index in [1.54, 1.807) is 6.34 Å². The van der Waals surface area contributed by atoms with Crippen LogP contribution in [0.5, 0.6) is 0 Å². The van der Waals surface area contributed by atoms with Crippen LogP contribution in [0, 0.1) is 0 Å². The summed E-state index contributed by atoms with van der Waals surface area (Å²) in [5.41, 5.74) is 3.55. The van der Waals surface area contributed by atoms with Gasteiger partial charge >= 0.3 is 0 Å². The van der Waals surface area contributed by atoms with E-state index in [1.807, 2.05) is 18.2 Å². The van der Waals surface area contributed by atoms with E-state index >= 15 is 0 Å². The molecule has 0 aliphatic heterocycles. The smallest absolute Gasteiger partial charge is 0.105 e. The number of nitrogens with two attached hydrogens (primary N) is 1. The lowest BCUT2D eigenvalue weighted by Gasteiger charge is -2.12. The van der Waals surface area contributed by atoms with Crippen LogP contribution in [0.3, 0.4) is 0 Å². The molecule has 0 aliphatic rings. The predicted molar refractivity (Wildman–Crippen MR) is 80.3 cm³/mol. The SMILES string of the molecule is C=CN=CN(N)Cc1ccc(-c2ccccc2)cc1. The molecule has 0 saturated carbocycles. The molecule has 0 saturated heterocycles. The second-order valence-electron chi connectivity index (χ2n) is 4.18. The van der Waals surface area contributed by atoms with Crippen molar-refractivity contribution >= 4 is 6.34 Å². The Balaban J connectivity index is 2.07. The molecule has 3 heteroatoms. The molecule has 0 aliphatic carbocycles. The lowest BCUT2D eigenvalue weighted by molar-refractivity contribution is 0.448. The fraction of sp³-hybridized carbons (Fsp3) is 0.0625. The Morgan fingerprint density at radius 2 is 1.63 bits per heavy atom. The van der Waals surface area contributed by atoms with E-state index in [2.05, 4.69) is 48.0 Å². The molecule has 2 N–H and O–H groups in total. The minimum atomic E-state index is 0.617. The van der Waals surface area contributed by atoms with Gasteiger partial charge in [0.1, 0.15) is 6.34 Å². The molecule has 0 unspecified atom stereocenters. The van der Waals surface area contributed by atoms with Crippen molar-refractivity contribution in [3.63, 3.8) is 0 Å². The Bertz CT molecular complexity index is 544. The normalized spacial score (nSPS) is 10.6. The summed E-state index contributed by atoms with van der Waals surface area (Å²) in [6, 6.07) is 18.6. The van der Waals surface area contributed by atoms with Gasteiger partial charge in [-0.1, -0.05) is 61.2 Å². The first-order valence-corrected chi connectivity index (χ1v) is 6.09. The molecular formula is C16H17N3. The van der Waals surface area contributed by atoms with Gasteiger partial charge in [-0.25, -0.2) is 10.8 Å². The van der Waals surface area contributed by atoms with Gasteiger partial charge in [0.2, 0.25) is 0 Å². The quantitative estimate of drug-likeness (QED) is 0.384. The molecule has 0 heterocycles. The third-order valence-electron chi connectivity index (χ3n) is 2.75. The zero-order chi connectivity index (χ0) is 13.5. The molecule has 0 amide bonds. The molecule has 0 atom stereocenters. The first-order valence-electron chi connectivity index (χ1n) is 6.09. The van der Waals surface area contributed by atoms with E-state index in [4.69, 9.17) is 5.84 Å². The van der Waals surface area contributed by atoms with Gasteiger partial charge < -0.3 is 0 Å². The summed E-state index contributed by atoms with van der Waals surface area (Å²) in [5.74, 6) is 5.78. The Morgan fingerprint density at radius 3 is 2.26 bits per heavy atom. The molecule has 2 aromatic rings. The van der Waals surface area contributed by atoms with Crippen LogP contribution < -0.4 is 5.84 Å². The Kier molecular flexibility index (Phi) is 4.48. The van der Waals surface area contributed by atoms with E-state index < -0.39 is 0 Å². The van der Waals surface area contributed by atoms with E-state index in [9.17, 15) is 0 Å². The van der Waals surface area contributed by atoms with Crippen LogP contribution in [-0.4, -0.2) is 11.3 Å². The van der Waals surface area contributed by atoms with Crippen molar-refractivity contribution in [3.8, 4) is 11.1 Å². The fourth-order valence-electron chi connectivity index (χ4n) is 1.82. The van der Waals surface area contributed by atoms with E-state index in [1.165, 1.54) is 22.3 Å². The summed E-state index contributed by atoms with van der Waals surface area (Å²) in [4.78, 5) is 3.87. The highest BCUT2D eigenvalue weighted by atomic mass is 15.4. The number of nitrogens with zero attached hydrogens (tertiary/aromatic N) is 2. The molecule has 0 spiro atoms. The molecule has 0 radical (unpaired) electrons. The molecule has 19 heavy (non-hydrogen) atoms. The fourth-order valence-corrected chi connectivity index (χ4v) is 1.82. The van der Waals surface area contributed by atoms with Crippen LogP contribution in [-0.2, 0) is 6.54 Å². The van der Waals surface area contributed by atoms with Crippen LogP contribution >= 0.6 is 0 Å². The van der Waals surface area contributed by atoms with Gasteiger partial charge in [0.15, 0.2) is 0 Å². The maximum Gasteiger partial charge on any atom is 0.105 e. The molecule has 2 rings (SSSR count). The second kappa shape index (κ2) is 6.52. The Labute approximate surface area is 113 Å². The molecule has 3 nitrogen and oxygen atoms in total. The summed E-state index contributed by atoms with van der Waals surface area (Å²) in [5, 5.41) is 1.53. The molecular weight excluding hydrogens is 234 g/mol. The van der Waals surface area contributed by atoms with Gasteiger partial charge in [-0.3, -0.25) is 5.01 Å². The number of hydrogen-bond acceptors (Lipinski definition) is 2. The van der Waals surface area contributed by atoms with Crippen molar-refractivity contribution in [2.75, 3.05) is 0 Å². The summed E-state index contributed by atoms with van der Waals surface area (Å²) in [6.45, 7) is 4.12. The van der Waals surface area contributed by atoms with Gasteiger partial charge in [0.05, 0.1) is 6.54 Å². The van der Waals surface area contributed by atoms with E-state index in [0.29, 0.717) is 6.54 Å². The number of rotatable bonds is 5. The second-order valence-corrected chi connectivity index (χ2v) is 4.18. The highest BCUT2D eigenvalue weighted by molar-refractivity contribution is 5.63. The first-order chi connectivity index (χ1) is 9.29. The standard InChI is InChI=1S/C16H17N3/c1-2-18-13-19(17)12-14-8-10-16(11-9-14)15-6-4-3-5-7-15/h2-11,13H,1,12,17H2. The summed E-state index contributed by atoms with van der Waals surface area (Å²) in [6.07, 6.45) is 3.01. The molecule has 0 aromatic heterocycles. The average molecular weight is 251 g/mol. The molecule has 2 aromatic carbocycles. The van der Waals surface area contributed by atoms with Gasteiger partial charge in [-0.05, 0) is 16.7 Å². The van der Waals surface area contributed by atoms with Crippen LogP contribution in [0.2, 0.25) is 0 Å². The average Bonchev–Trinajstić information content (AvgIpc) is 2.47. The van der Waals surface area contributed by atoms with Crippen molar-refractivity contribution in [3.05, 3.63) is 72.9 Å². The minimum absolute atomic E-state index is 0.617. The zero-order valence-corrected chi connectivity index (χ0v) is 10.7. The molecule has 0 fully saturated rings. The predicted octanol–water partition coefficient (Wildman–Crippen LogP) is 3.20. The molecule has 0 bridgehead atoms. The first kappa shape index (κ1) is 13.1. The van der Waals surface area contributed by atoms with Crippen LogP contribution in [0.4, 0.5) is 0 Å². The Morgan fingerprint density at radius 1 is 1.00 bits per heavy atom. The van der Waals surface area contributed by atoms with Crippen molar-refractivity contribution in [1.29, 1.82) is 0 Å². The van der Waals surface area contributed by atoms with Crippen LogP contribution in [0.1, 0.15) is 5.56 Å². The zero-order valence-electron chi connectivity index (χ0n) is 10.7. The van der Waals surface area contributed by atoms with Gasteiger partial charge in [-0.2, -0.15) is 0 Å². The number of aliphatic imine (C=N–C) groups is 1. The monoisotopic (exact) mass is 251 g/mol. The lowest BCUT2D eigenvalue weighted by Crippen LogP contribution is -2.28. The van der Waals surface area contributed by atoms with Crippen LogP contribution in [0.25, 0.3) is 11.1 Å². The van der Waals surface area contributed by atoms with Crippen molar-refractivity contribution < 1.29 is 0 Å². The highest BCUT2D eigenvalue weighted by Gasteiger charge is 1.99. The molecule has 96 valence electrons. The van der Waals surface area contributed by atoms with Crippen LogP contribution in [0.15, 0.2) is 72.4 Å². The number of hydrazine groups is 1. The summed E-state index contributed by atoms with van der Waals surface area (Å²) < 4.78 is 0. The van der Waals surface area contributed by atoms with Crippen molar-refractivity contribution in [2.45, 2.75) is 6.54 Å². The third kappa shape index (κ3) is 3.79. The van der Waals surface area contributed by atoms with Crippen molar-refractivity contribution in [1.82, 2.24) is 5.01 Å². The minimum Gasteiger partial charge on any atom is -0.296 e. The lowest BCUT2D eigenvalue weighted by atomic mass is 10.0.